The second kappa shape index (κ2) is 9.33. The molecular formula is C19H30N4S. The molecule has 2 fully saturated rings. The van der Waals surface area contributed by atoms with E-state index in [-0.39, 0.29) is 0 Å². The minimum atomic E-state index is 0.744. The summed E-state index contributed by atoms with van der Waals surface area (Å²) in [7, 11) is 1.84. The average molecular weight is 347 g/mol. The van der Waals surface area contributed by atoms with Gasteiger partial charge in [-0.15, -0.1) is 0 Å². The van der Waals surface area contributed by atoms with Crippen LogP contribution in [0.25, 0.3) is 0 Å². The van der Waals surface area contributed by atoms with Gasteiger partial charge >= 0.3 is 0 Å². The lowest BCUT2D eigenvalue weighted by molar-refractivity contribution is 0.331. The Balaban J connectivity index is 1.41. The molecule has 0 spiro atoms. The van der Waals surface area contributed by atoms with Gasteiger partial charge in [-0.2, -0.15) is 11.8 Å². The van der Waals surface area contributed by atoms with Crippen molar-refractivity contribution in [2.45, 2.75) is 44.0 Å². The van der Waals surface area contributed by atoms with Crippen LogP contribution in [0.2, 0.25) is 0 Å². The van der Waals surface area contributed by atoms with Crippen LogP contribution in [0.4, 0.5) is 0 Å². The molecule has 2 aliphatic heterocycles. The summed E-state index contributed by atoms with van der Waals surface area (Å²) < 4.78 is 0. The Morgan fingerprint density at radius 2 is 1.88 bits per heavy atom. The number of likely N-dealkylation sites (tertiary alicyclic amines) is 1. The van der Waals surface area contributed by atoms with Crippen LogP contribution < -0.4 is 10.6 Å². The van der Waals surface area contributed by atoms with E-state index in [2.05, 4.69) is 56.6 Å². The molecule has 3 rings (SSSR count). The summed E-state index contributed by atoms with van der Waals surface area (Å²) in [6.45, 7) is 5.44. The Hall–Kier alpha value is -1.20. The zero-order valence-corrected chi connectivity index (χ0v) is 15.6. The Labute approximate surface area is 150 Å². The van der Waals surface area contributed by atoms with Gasteiger partial charge in [0.25, 0.3) is 0 Å². The number of aliphatic imine (C=N–C) groups is 1. The van der Waals surface area contributed by atoms with Gasteiger partial charge in [0.05, 0.1) is 0 Å². The zero-order valence-electron chi connectivity index (χ0n) is 14.8. The van der Waals surface area contributed by atoms with Crippen molar-refractivity contribution in [3.8, 4) is 0 Å². The number of thioether (sulfide) groups is 1. The first-order valence-corrected chi connectivity index (χ1v) is 10.2. The van der Waals surface area contributed by atoms with Crippen LogP contribution in [0.5, 0.6) is 0 Å². The fourth-order valence-corrected chi connectivity index (χ4v) is 4.58. The summed E-state index contributed by atoms with van der Waals surface area (Å²) in [5.41, 5.74) is 2.72. The van der Waals surface area contributed by atoms with Crippen molar-refractivity contribution in [1.29, 1.82) is 0 Å². The molecule has 0 saturated carbocycles. The molecule has 1 aromatic carbocycles. The number of hydrogen-bond acceptors (Lipinski definition) is 3. The Morgan fingerprint density at radius 1 is 1.12 bits per heavy atom. The number of rotatable bonds is 6. The van der Waals surface area contributed by atoms with Crippen molar-refractivity contribution in [1.82, 2.24) is 15.5 Å². The van der Waals surface area contributed by atoms with Gasteiger partial charge in [0.2, 0.25) is 0 Å². The van der Waals surface area contributed by atoms with Crippen LogP contribution in [0.3, 0.4) is 0 Å². The molecule has 1 aromatic rings. The zero-order chi connectivity index (χ0) is 16.6. The van der Waals surface area contributed by atoms with E-state index in [1.165, 1.54) is 55.7 Å². The highest BCUT2D eigenvalue weighted by atomic mass is 32.2. The molecule has 0 amide bonds. The maximum Gasteiger partial charge on any atom is 0.191 e. The van der Waals surface area contributed by atoms with Gasteiger partial charge in [-0.3, -0.25) is 9.89 Å². The number of hydrogen-bond donors (Lipinski definition) is 2. The highest BCUT2D eigenvalue weighted by Crippen LogP contribution is 2.25. The van der Waals surface area contributed by atoms with Gasteiger partial charge < -0.3 is 10.6 Å². The van der Waals surface area contributed by atoms with Crippen molar-refractivity contribution in [3.05, 3.63) is 35.4 Å². The van der Waals surface area contributed by atoms with Crippen LogP contribution in [-0.4, -0.2) is 48.5 Å². The molecule has 2 N–H and O–H groups in total. The SMILES string of the molecule is CN=C(NCc1ccc(CN2CCCC2)cc1)NCC1CCCS1. The van der Waals surface area contributed by atoms with E-state index < -0.39 is 0 Å². The van der Waals surface area contributed by atoms with Crippen molar-refractivity contribution in [2.75, 3.05) is 32.4 Å². The topological polar surface area (TPSA) is 39.7 Å². The predicted molar refractivity (Wildman–Crippen MR) is 105 cm³/mol. The minimum absolute atomic E-state index is 0.744. The first kappa shape index (κ1) is 17.6. The maximum atomic E-state index is 4.33. The summed E-state index contributed by atoms with van der Waals surface area (Å²) in [5.74, 6) is 2.21. The molecule has 1 unspecified atom stereocenters. The molecule has 2 saturated heterocycles. The lowest BCUT2D eigenvalue weighted by Crippen LogP contribution is -2.39. The van der Waals surface area contributed by atoms with E-state index in [1.807, 2.05) is 7.05 Å². The van der Waals surface area contributed by atoms with Gasteiger partial charge in [-0.25, -0.2) is 0 Å². The number of nitrogens with one attached hydrogen (secondary N) is 2. The normalized spacial score (nSPS) is 22.0. The largest absolute Gasteiger partial charge is 0.355 e. The first-order valence-electron chi connectivity index (χ1n) is 9.20. The third-order valence-corrected chi connectivity index (χ3v) is 6.23. The summed E-state index contributed by atoms with van der Waals surface area (Å²) in [5, 5.41) is 7.62. The summed E-state index contributed by atoms with van der Waals surface area (Å²) in [6.07, 6.45) is 5.39. The summed E-state index contributed by atoms with van der Waals surface area (Å²) >= 11 is 2.07. The lowest BCUT2D eigenvalue weighted by Gasteiger charge is -2.16. The molecule has 24 heavy (non-hydrogen) atoms. The van der Waals surface area contributed by atoms with Gasteiger partial charge in [0.15, 0.2) is 5.96 Å². The van der Waals surface area contributed by atoms with Crippen LogP contribution in [-0.2, 0) is 13.1 Å². The smallest absolute Gasteiger partial charge is 0.191 e. The number of guanidine groups is 1. The molecule has 0 aliphatic carbocycles. The van der Waals surface area contributed by atoms with Crippen LogP contribution in [0.1, 0.15) is 36.8 Å². The van der Waals surface area contributed by atoms with Crippen LogP contribution in [0.15, 0.2) is 29.3 Å². The quantitative estimate of drug-likeness (QED) is 0.614. The van der Waals surface area contributed by atoms with E-state index in [1.54, 1.807) is 0 Å². The third-order valence-electron chi connectivity index (χ3n) is 4.83. The number of nitrogens with zero attached hydrogens (tertiary/aromatic N) is 2. The monoisotopic (exact) mass is 346 g/mol. The lowest BCUT2D eigenvalue weighted by atomic mass is 10.1. The highest BCUT2D eigenvalue weighted by molar-refractivity contribution is 8.00. The van der Waals surface area contributed by atoms with Gasteiger partial charge in [-0.05, 0) is 55.7 Å². The van der Waals surface area contributed by atoms with Gasteiger partial charge in [0, 0.05) is 31.9 Å². The fourth-order valence-electron chi connectivity index (χ4n) is 3.38. The second-order valence-electron chi connectivity index (χ2n) is 6.74. The molecule has 1 atom stereocenters. The van der Waals surface area contributed by atoms with Crippen molar-refractivity contribution in [3.63, 3.8) is 0 Å². The fraction of sp³-hybridized carbons (Fsp3) is 0.632. The molecular weight excluding hydrogens is 316 g/mol. The van der Waals surface area contributed by atoms with Crippen LogP contribution >= 0.6 is 11.8 Å². The molecule has 5 heteroatoms. The molecule has 2 heterocycles. The molecule has 0 aromatic heterocycles. The highest BCUT2D eigenvalue weighted by Gasteiger charge is 2.15. The Morgan fingerprint density at radius 3 is 2.54 bits per heavy atom. The van der Waals surface area contributed by atoms with E-state index in [0.29, 0.717) is 0 Å². The summed E-state index contributed by atoms with van der Waals surface area (Å²) in [6, 6.07) is 9.00. The Kier molecular flexibility index (Phi) is 6.85. The average Bonchev–Trinajstić information content (AvgIpc) is 3.30. The van der Waals surface area contributed by atoms with Crippen molar-refractivity contribution in [2.24, 2.45) is 4.99 Å². The molecule has 0 bridgehead atoms. The first-order chi connectivity index (χ1) is 11.8. The second-order valence-corrected chi connectivity index (χ2v) is 8.15. The van der Waals surface area contributed by atoms with Crippen molar-refractivity contribution < 1.29 is 0 Å². The van der Waals surface area contributed by atoms with Crippen molar-refractivity contribution >= 4 is 17.7 Å². The van der Waals surface area contributed by atoms with E-state index in [4.69, 9.17) is 0 Å². The predicted octanol–water partition coefficient (Wildman–Crippen LogP) is 2.84. The molecule has 132 valence electrons. The standard InChI is InChI=1S/C19H30N4S/c1-20-19(22-14-18-5-4-12-24-18)21-13-16-6-8-17(9-7-16)15-23-10-2-3-11-23/h6-9,18H,2-5,10-15H2,1H3,(H2,20,21,22). The minimum Gasteiger partial charge on any atom is -0.355 e. The molecule has 4 nitrogen and oxygen atoms in total. The maximum absolute atomic E-state index is 4.33. The van der Waals surface area contributed by atoms with E-state index >= 15 is 0 Å². The Bertz CT molecular complexity index is 517. The van der Waals surface area contributed by atoms with Crippen LogP contribution in [0, 0.1) is 0 Å². The van der Waals surface area contributed by atoms with Gasteiger partial charge in [0.1, 0.15) is 0 Å². The summed E-state index contributed by atoms with van der Waals surface area (Å²) in [4.78, 5) is 6.87. The molecule has 2 aliphatic rings. The third kappa shape index (κ3) is 5.42. The van der Waals surface area contributed by atoms with E-state index in [9.17, 15) is 0 Å². The van der Waals surface area contributed by atoms with Gasteiger partial charge in [-0.1, -0.05) is 24.3 Å². The number of benzene rings is 1. The van der Waals surface area contributed by atoms with E-state index in [0.717, 1.165) is 30.8 Å². The molecule has 0 radical (unpaired) electrons.